The summed E-state index contributed by atoms with van der Waals surface area (Å²) >= 11 is 5.68. The zero-order valence-corrected chi connectivity index (χ0v) is 13.1. The van der Waals surface area contributed by atoms with Gasteiger partial charge in [0.1, 0.15) is 5.82 Å². The van der Waals surface area contributed by atoms with Crippen molar-refractivity contribution < 1.29 is 19.1 Å². The molecular formula is C16H17ClFNO3. The van der Waals surface area contributed by atoms with Crippen molar-refractivity contribution in [3.63, 3.8) is 0 Å². The van der Waals surface area contributed by atoms with Gasteiger partial charge < -0.3 is 10.4 Å². The normalized spacial score (nSPS) is 21.6. The molecule has 0 bridgehead atoms. The van der Waals surface area contributed by atoms with Gasteiger partial charge in [0.05, 0.1) is 16.9 Å². The van der Waals surface area contributed by atoms with Crippen molar-refractivity contribution in [3.05, 3.63) is 40.2 Å². The first kappa shape index (κ1) is 16.5. The molecule has 0 aromatic heterocycles. The number of nitrogens with one attached hydrogen (secondary N) is 1. The molecule has 0 aliphatic heterocycles. The molecule has 2 rings (SSSR count). The molecule has 0 fully saturated rings. The van der Waals surface area contributed by atoms with E-state index in [1.165, 1.54) is 12.1 Å². The van der Waals surface area contributed by atoms with Gasteiger partial charge in [-0.2, -0.15) is 0 Å². The van der Waals surface area contributed by atoms with Crippen LogP contribution >= 0.6 is 11.6 Å². The van der Waals surface area contributed by atoms with Crippen molar-refractivity contribution in [2.24, 2.45) is 11.8 Å². The molecule has 118 valence electrons. The number of carboxylic acid groups (broad SMARTS) is 1. The Hall–Kier alpha value is -1.88. The molecule has 2 N–H and O–H groups in total. The lowest BCUT2D eigenvalue weighted by Crippen LogP contribution is -2.36. The molecule has 1 aliphatic carbocycles. The Bertz CT molecular complexity index is 657. The molecule has 1 amide bonds. The molecule has 0 spiro atoms. The van der Waals surface area contributed by atoms with Gasteiger partial charge in [0.2, 0.25) is 5.91 Å². The van der Waals surface area contributed by atoms with Gasteiger partial charge in [-0.1, -0.05) is 22.7 Å². The highest BCUT2D eigenvalue weighted by atomic mass is 35.5. The number of aliphatic carboxylic acids is 1. The fourth-order valence-corrected chi connectivity index (χ4v) is 2.82. The van der Waals surface area contributed by atoms with Crippen molar-refractivity contribution in [2.45, 2.75) is 26.7 Å². The van der Waals surface area contributed by atoms with Crippen LogP contribution in [-0.2, 0) is 9.59 Å². The van der Waals surface area contributed by atoms with Gasteiger partial charge in [-0.15, -0.1) is 0 Å². The third-order valence-corrected chi connectivity index (χ3v) is 4.40. The van der Waals surface area contributed by atoms with E-state index >= 15 is 0 Å². The van der Waals surface area contributed by atoms with E-state index in [1.807, 2.05) is 13.8 Å². The summed E-state index contributed by atoms with van der Waals surface area (Å²) in [6, 6.07) is 3.86. The monoisotopic (exact) mass is 325 g/mol. The lowest BCUT2D eigenvalue weighted by molar-refractivity contribution is -0.146. The van der Waals surface area contributed by atoms with Gasteiger partial charge in [-0.3, -0.25) is 9.59 Å². The summed E-state index contributed by atoms with van der Waals surface area (Å²) in [5, 5.41) is 11.9. The standard InChI is InChI=1S/C16H17ClFNO3/c1-8-5-11(12(16(21)22)6-9(8)2)15(20)19-10-3-4-14(18)13(17)7-10/h3-4,7,11-12H,5-6H2,1-2H3,(H,19,20)(H,21,22)/t11-,12+/m0/s1. The lowest BCUT2D eigenvalue weighted by Gasteiger charge is -2.29. The second kappa shape index (κ2) is 6.48. The molecule has 22 heavy (non-hydrogen) atoms. The largest absolute Gasteiger partial charge is 0.481 e. The maximum atomic E-state index is 13.1. The lowest BCUT2D eigenvalue weighted by atomic mass is 9.76. The van der Waals surface area contributed by atoms with E-state index in [1.54, 1.807) is 0 Å². The third-order valence-electron chi connectivity index (χ3n) is 4.11. The Morgan fingerprint density at radius 3 is 2.36 bits per heavy atom. The van der Waals surface area contributed by atoms with Crippen LogP contribution in [0.15, 0.2) is 29.3 Å². The highest BCUT2D eigenvalue weighted by Gasteiger charge is 2.37. The van der Waals surface area contributed by atoms with Crippen LogP contribution in [0.1, 0.15) is 26.7 Å². The predicted molar refractivity (Wildman–Crippen MR) is 82.3 cm³/mol. The molecule has 1 aromatic rings. The predicted octanol–water partition coefficient (Wildman–Crippen LogP) is 3.86. The number of allylic oxidation sites excluding steroid dienone is 2. The van der Waals surface area contributed by atoms with Crippen LogP contribution in [0.3, 0.4) is 0 Å². The first-order valence-electron chi connectivity index (χ1n) is 6.93. The molecule has 1 aliphatic rings. The Kier molecular flexibility index (Phi) is 4.86. The van der Waals surface area contributed by atoms with Crippen molar-refractivity contribution in [2.75, 3.05) is 5.32 Å². The average Bonchev–Trinajstić information content (AvgIpc) is 2.45. The number of anilines is 1. The Balaban J connectivity index is 2.19. The van der Waals surface area contributed by atoms with Crippen LogP contribution in [0.25, 0.3) is 0 Å². The van der Waals surface area contributed by atoms with Crippen molar-refractivity contribution in [3.8, 4) is 0 Å². The molecule has 0 saturated carbocycles. The minimum absolute atomic E-state index is 0.0943. The number of halogens is 2. The fourth-order valence-electron chi connectivity index (χ4n) is 2.64. The van der Waals surface area contributed by atoms with E-state index in [9.17, 15) is 19.1 Å². The molecular weight excluding hydrogens is 309 g/mol. The number of carbonyl (C=O) groups excluding carboxylic acids is 1. The van der Waals surface area contributed by atoms with E-state index in [4.69, 9.17) is 11.6 Å². The van der Waals surface area contributed by atoms with Crippen molar-refractivity contribution in [1.82, 2.24) is 0 Å². The number of rotatable bonds is 3. The fraction of sp³-hybridized carbons (Fsp3) is 0.375. The second-order valence-electron chi connectivity index (χ2n) is 5.64. The molecule has 1 aromatic carbocycles. The van der Waals surface area contributed by atoms with Gasteiger partial charge in [0.25, 0.3) is 0 Å². The number of amides is 1. The summed E-state index contributed by atoms with van der Waals surface area (Å²) < 4.78 is 13.1. The van der Waals surface area contributed by atoms with Crippen molar-refractivity contribution in [1.29, 1.82) is 0 Å². The van der Waals surface area contributed by atoms with E-state index in [-0.39, 0.29) is 10.9 Å². The van der Waals surface area contributed by atoms with Gasteiger partial charge in [0.15, 0.2) is 0 Å². The maximum absolute atomic E-state index is 13.1. The second-order valence-corrected chi connectivity index (χ2v) is 6.05. The van der Waals surface area contributed by atoms with Crippen LogP contribution < -0.4 is 5.32 Å². The summed E-state index contributed by atoms with van der Waals surface area (Å²) in [6.45, 7) is 3.79. The number of hydrogen-bond acceptors (Lipinski definition) is 2. The average molecular weight is 326 g/mol. The molecule has 6 heteroatoms. The number of carboxylic acids is 1. The molecule has 0 radical (unpaired) electrons. The number of hydrogen-bond donors (Lipinski definition) is 2. The van der Waals surface area contributed by atoms with Gasteiger partial charge in [-0.25, -0.2) is 4.39 Å². The maximum Gasteiger partial charge on any atom is 0.307 e. The first-order valence-corrected chi connectivity index (χ1v) is 7.31. The Morgan fingerprint density at radius 1 is 1.23 bits per heavy atom. The molecule has 4 nitrogen and oxygen atoms in total. The summed E-state index contributed by atoms with van der Waals surface area (Å²) in [7, 11) is 0. The summed E-state index contributed by atoms with van der Waals surface area (Å²) in [4.78, 5) is 23.8. The topological polar surface area (TPSA) is 66.4 Å². The van der Waals surface area contributed by atoms with Crippen LogP contribution in [0.5, 0.6) is 0 Å². The van der Waals surface area contributed by atoms with Crippen LogP contribution in [-0.4, -0.2) is 17.0 Å². The quantitative estimate of drug-likeness (QED) is 0.829. The van der Waals surface area contributed by atoms with Gasteiger partial charge in [0, 0.05) is 5.69 Å². The SMILES string of the molecule is CC1=C(C)C[C@@H](C(=O)O)[C@@H](C(=O)Nc2ccc(F)c(Cl)c2)C1. The molecule has 0 unspecified atom stereocenters. The third kappa shape index (κ3) is 3.47. The van der Waals surface area contributed by atoms with Gasteiger partial charge in [-0.05, 0) is 44.9 Å². The Morgan fingerprint density at radius 2 is 1.82 bits per heavy atom. The molecule has 0 heterocycles. The van der Waals surface area contributed by atoms with E-state index in [0.717, 1.165) is 17.2 Å². The van der Waals surface area contributed by atoms with E-state index < -0.39 is 23.6 Å². The zero-order chi connectivity index (χ0) is 16.4. The first-order chi connectivity index (χ1) is 10.3. The zero-order valence-electron chi connectivity index (χ0n) is 12.3. The minimum atomic E-state index is -0.982. The minimum Gasteiger partial charge on any atom is -0.481 e. The van der Waals surface area contributed by atoms with E-state index in [0.29, 0.717) is 18.5 Å². The number of benzene rings is 1. The summed E-state index contributed by atoms with van der Waals surface area (Å²) in [5.74, 6) is -3.34. The van der Waals surface area contributed by atoms with Crippen molar-refractivity contribution >= 4 is 29.2 Å². The van der Waals surface area contributed by atoms with Crippen LogP contribution in [0, 0.1) is 17.7 Å². The molecule has 2 atom stereocenters. The smallest absolute Gasteiger partial charge is 0.307 e. The number of carbonyl (C=O) groups is 2. The highest BCUT2D eigenvalue weighted by molar-refractivity contribution is 6.31. The molecule has 0 saturated heterocycles. The summed E-state index contributed by atoms with van der Waals surface area (Å²) in [5.41, 5.74) is 2.40. The van der Waals surface area contributed by atoms with E-state index in [2.05, 4.69) is 5.32 Å². The Labute approximate surface area is 133 Å². The summed E-state index contributed by atoms with van der Waals surface area (Å²) in [6.07, 6.45) is 0.771. The van der Waals surface area contributed by atoms with Crippen LogP contribution in [0.4, 0.5) is 10.1 Å². The highest BCUT2D eigenvalue weighted by Crippen LogP contribution is 2.35. The van der Waals surface area contributed by atoms with Crippen LogP contribution in [0.2, 0.25) is 5.02 Å². The van der Waals surface area contributed by atoms with Gasteiger partial charge >= 0.3 is 5.97 Å².